The van der Waals surface area contributed by atoms with Crippen LogP contribution in [-0.4, -0.2) is 19.6 Å². The van der Waals surface area contributed by atoms with E-state index in [0.29, 0.717) is 30.3 Å². The smallest absolute Gasteiger partial charge is 0.222 e. The number of nitrogens with one attached hydrogen (secondary N) is 2. The Morgan fingerprint density at radius 3 is 2.74 bits per heavy atom. The molecular weight excluding hydrogens is 312 g/mol. The first kappa shape index (κ1) is 17.2. The second-order valence-corrected chi connectivity index (χ2v) is 5.66. The Labute approximate surface area is 141 Å². The van der Waals surface area contributed by atoms with Crippen LogP contribution in [0.3, 0.4) is 0 Å². The molecule has 0 saturated heterocycles. The second kappa shape index (κ2) is 8.44. The number of halogens is 1. The number of hydrogen-bond donors (Lipinski definition) is 2. The molecule has 4 nitrogen and oxygen atoms in total. The molecular formula is C18H21ClN2O2. The SMILES string of the molecule is COc1ccc(Cl)cc1NCCC(=O)NCc1ccccc1C. The van der Waals surface area contributed by atoms with Crippen LogP contribution in [0.25, 0.3) is 0 Å². The normalized spacial score (nSPS) is 10.2. The van der Waals surface area contributed by atoms with Crippen LogP contribution in [0.2, 0.25) is 5.02 Å². The molecule has 0 aliphatic heterocycles. The van der Waals surface area contributed by atoms with Crippen molar-refractivity contribution in [3.63, 3.8) is 0 Å². The van der Waals surface area contributed by atoms with Crippen molar-refractivity contribution in [1.29, 1.82) is 0 Å². The molecule has 122 valence electrons. The van der Waals surface area contributed by atoms with Crippen LogP contribution in [0.15, 0.2) is 42.5 Å². The van der Waals surface area contributed by atoms with E-state index in [-0.39, 0.29) is 5.91 Å². The fraction of sp³-hybridized carbons (Fsp3) is 0.278. The average Bonchev–Trinajstić information content (AvgIpc) is 2.54. The molecule has 23 heavy (non-hydrogen) atoms. The van der Waals surface area contributed by atoms with E-state index in [1.165, 1.54) is 5.56 Å². The fourth-order valence-corrected chi connectivity index (χ4v) is 2.39. The topological polar surface area (TPSA) is 50.4 Å². The monoisotopic (exact) mass is 332 g/mol. The Morgan fingerprint density at radius 1 is 1.22 bits per heavy atom. The summed E-state index contributed by atoms with van der Waals surface area (Å²) in [5, 5.41) is 6.73. The summed E-state index contributed by atoms with van der Waals surface area (Å²) in [7, 11) is 1.60. The van der Waals surface area contributed by atoms with Gasteiger partial charge >= 0.3 is 0 Å². The molecule has 0 radical (unpaired) electrons. The summed E-state index contributed by atoms with van der Waals surface area (Å²) in [5.41, 5.74) is 3.09. The molecule has 0 aliphatic rings. The lowest BCUT2D eigenvalue weighted by molar-refractivity contribution is -0.121. The van der Waals surface area contributed by atoms with Gasteiger partial charge in [0.2, 0.25) is 5.91 Å². The van der Waals surface area contributed by atoms with Gasteiger partial charge in [-0.3, -0.25) is 4.79 Å². The minimum Gasteiger partial charge on any atom is -0.495 e. The number of ether oxygens (including phenoxy) is 1. The first-order valence-electron chi connectivity index (χ1n) is 7.49. The van der Waals surface area contributed by atoms with Gasteiger partial charge in [-0.15, -0.1) is 0 Å². The van der Waals surface area contributed by atoms with Gasteiger partial charge in [0.25, 0.3) is 0 Å². The van der Waals surface area contributed by atoms with E-state index in [4.69, 9.17) is 16.3 Å². The lowest BCUT2D eigenvalue weighted by Crippen LogP contribution is -2.25. The number of rotatable bonds is 7. The van der Waals surface area contributed by atoms with Crippen molar-refractivity contribution in [2.24, 2.45) is 0 Å². The van der Waals surface area contributed by atoms with Gasteiger partial charge in [-0.2, -0.15) is 0 Å². The van der Waals surface area contributed by atoms with Crippen LogP contribution in [0.5, 0.6) is 5.75 Å². The van der Waals surface area contributed by atoms with E-state index in [1.807, 2.05) is 31.2 Å². The standard InChI is InChI=1S/C18H21ClN2O2/c1-13-5-3-4-6-14(13)12-21-18(22)9-10-20-16-11-15(19)7-8-17(16)23-2/h3-8,11,20H,9-10,12H2,1-2H3,(H,21,22). The third-order valence-electron chi connectivity index (χ3n) is 3.57. The molecule has 0 saturated carbocycles. The number of hydrogen-bond acceptors (Lipinski definition) is 3. The maximum absolute atomic E-state index is 11.9. The molecule has 0 spiro atoms. The van der Waals surface area contributed by atoms with Crippen molar-refractivity contribution in [2.75, 3.05) is 19.0 Å². The third-order valence-corrected chi connectivity index (χ3v) is 3.80. The first-order valence-corrected chi connectivity index (χ1v) is 7.86. The van der Waals surface area contributed by atoms with Crippen molar-refractivity contribution in [1.82, 2.24) is 5.32 Å². The average molecular weight is 333 g/mol. The highest BCUT2D eigenvalue weighted by Gasteiger charge is 2.06. The summed E-state index contributed by atoms with van der Waals surface area (Å²) in [6.45, 7) is 3.09. The zero-order chi connectivity index (χ0) is 16.7. The van der Waals surface area contributed by atoms with Crippen LogP contribution in [0.4, 0.5) is 5.69 Å². The quantitative estimate of drug-likeness (QED) is 0.811. The molecule has 0 aromatic heterocycles. The molecule has 2 aromatic rings. The number of aryl methyl sites for hydroxylation is 1. The molecule has 2 aromatic carbocycles. The fourth-order valence-electron chi connectivity index (χ4n) is 2.22. The van der Waals surface area contributed by atoms with Crippen molar-refractivity contribution >= 4 is 23.2 Å². The number of methoxy groups -OCH3 is 1. The van der Waals surface area contributed by atoms with Crippen LogP contribution in [0, 0.1) is 6.92 Å². The number of amides is 1. The van der Waals surface area contributed by atoms with Crippen molar-refractivity contribution in [3.8, 4) is 5.75 Å². The van der Waals surface area contributed by atoms with E-state index in [2.05, 4.69) is 10.6 Å². The number of carbonyl (C=O) groups excluding carboxylic acids is 1. The highest BCUT2D eigenvalue weighted by molar-refractivity contribution is 6.30. The highest BCUT2D eigenvalue weighted by Crippen LogP contribution is 2.27. The van der Waals surface area contributed by atoms with Gasteiger partial charge in [0.15, 0.2) is 0 Å². The third kappa shape index (κ3) is 5.18. The zero-order valence-corrected chi connectivity index (χ0v) is 14.1. The Hall–Kier alpha value is -2.20. The molecule has 1 amide bonds. The largest absolute Gasteiger partial charge is 0.495 e. The molecule has 0 unspecified atom stereocenters. The zero-order valence-electron chi connectivity index (χ0n) is 13.4. The maximum atomic E-state index is 11.9. The molecule has 2 N–H and O–H groups in total. The second-order valence-electron chi connectivity index (χ2n) is 5.22. The summed E-state index contributed by atoms with van der Waals surface area (Å²) >= 11 is 5.97. The van der Waals surface area contributed by atoms with E-state index in [0.717, 1.165) is 11.3 Å². The Bertz CT molecular complexity index is 674. The van der Waals surface area contributed by atoms with Gasteiger partial charge in [0.05, 0.1) is 12.8 Å². The molecule has 2 rings (SSSR count). The summed E-state index contributed by atoms with van der Waals surface area (Å²) in [6, 6.07) is 13.4. The summed E-state index contributed by atoms with van der Waals surface area (Å²) < 4.78 is 5.25. The van der Waals surface area contributed by atoms with Crippen LogP contribution in [0.1, 0.15) is 17.5 Å². The van der Waals surface area contributed by atoms with E-state index in [1.54, 1.807) is 25.3 Å². The number of carbonyl (C=O) groups is 1. The number of benzene rings is 2. The Kier molecular flexibility index (Phi) is 6.29. The van der Waals surface area contributed by atoms with Gasteiger partial charge < -0.3 is 15.4 Å². The van der Waals surface area contributed by atoms with Crippen LogP contribution >= 0.6 is 11.6 Å². The summed E-state index contributed by atoms with van der Waals surface area (Å²) in [5.74, 6) is 0.705. The molecule has 0 atom stereocenters. The van der Waals surface area contributed by atoms with Crippen LogP contribution in [-0.2, 0) is 11.3 Å². The maximum Gasteiger partial charge on any atom is 0.222 e. The van der Waals surface area contributed by atoms with E-state index in [9.17, 15) is 4.79 Å². The van der Waals surface area contributed by atoms with Gasteiger partial charge in [0, 0.05) is 24.5 Å². The highest BCUT2D eigenvalue weighted by atomic mass is 35.5. The molecule has 0 heterocycles. The van der Waals surface area contributed by atoms with Crippen molar-refractivity contribution in [2.45, 2.75) is 19.9 Å². The minimum absolute atomic E-state index is 0.00162. The van der Waals surface area contributed by atoms with Crippen molar-refractivity contribution in [3.05, 3.63) is 58.6 Å². The molecule has 5 heteroatoms. The number of anilines is 1. The van der Waals surface area contributed by atoms with Crippen molar-refractivity contribution < 1.29 is 9.53 Å². The predicted octanol–water partition coefficient (Wildman–Crippen LogP) is 3.78. The lowest BCUT2D eigenvalue weighted by Gasteiger charge is -2.12. The van der Waals surface area contributed by atoms with Crippen LogP contribution < -0.4 is 15.4 Å². The Balaban J connectivity index is 1.79. The van der Waals surface area contributed by atoms with Gasteiger partial charge in [-0.05, 0) is 36.2 Å². The minimum atomic E-state index is 0.00162. The summed E-state index contributed by atoms with van der Waals surface area (Å²) in [6.07, 6.45) is 0.377. The van der Waals surface area contributed by atoms with Gasteiger partial charge in [0.1, 0.15) is 5.75 Å². The molecule has 0 fully saturated rings. The summed E-state index contributed by atoms with van der Waals surface area (Å²) in [4.78, 5) is 11.9. The van der Waals surface area contributed by atoms with E-state index >= 15 is 0 Å². The van der Waals surface area contributed by atoms with E-state index < -0.39 is 0 Å². The first-order chi connectivity index (χ1) is 11.1. The molecule has 0 aliphatic carbocycles. The molecule has 0 bridgehead atoms. The lowest BCUT2D eigenvalue weighted by atomic mass is 10.1. The Morgan fingerprint density at radius 2 is 2.00 bits per heavy atom. The van der Waals surface area contributed by atoms with Gasteiger partial charge in [-0.1, -0.05) is 35.9 Å². The van der Waals surface area contributed by atoms with Gasteiger partial charge in [-0.25, -0.2) is 0 Å². The predicted molar refractivity (Wildman–Crippen MR) is 94.1 cm³/mol.